The summed E-state index contributed by atoms with van der Waals surface area (Å²) in [4.78, 5) is 4.37. The summed E-state index contributed by atoms with van der Waals surface area (Å²) in [6, 6.07) is 4.16. The summed E-state index contributed by atoms with van der Waals surface area (Å²) in [5.74, 6) is 0. The zero-order chi connectivity index (χ0) is 8.60. The van der Waals surface area contributed by atoms with Gasteiger partial charge in [0.05, 0.1) is 3.55 Å². The van der Waals surface area contributed by atoms with Crippen LogP contribution in [0.5, 0.6) is 0 Å². The van der Waals surface area contributed by atoms with Crippen molar-refractivity contribution in [2.75, 3.05) is 6.54 Å². The first-order chi connectivity index (χ1) is 5.70. The molecule has 2 heterocycles. The monoisotopic (exact) mass is 274 g/mol. The van der Waals surface area contributed by atoms with E-state index in [0.29, 0.717) is 0 Å². The fourth-order valence-electron chi connectivity index (χ4n) is 1.58. The summed E-state index contributed by atoms with van der Waals surface area (Å²) >= 11 is 2.43. The number of hydrogen-bond donors (Lipinski definition) is 1. The lowest BCUT2D eigenvalue weighted by Crippen LogP contribution is -2.40. The Kier molecular flexibility index (Phi) is 2.08. The van der Waals surface area contributed by atoms with E-state index in [1.54, 1.807) is 0 Å². The van der Waals surface area contributed by atoms with Crippen LogP contribution in [0.3, 0.4) is 0 Å². The highest BCUT2D eigenvalue weighted by molar-refractivity contribution is 14.1. The molecule has 1 aromatic rings. The minimum absolute atomic E-state index is 0.0691. The lowest BCUT2D eigenvalue weighted by atomic mass is 10.0. The lowest BCUT2D eigenvalue weighted by molar-refractivity contribution is 0.510. The summed E-state index contributed by atoms with van der Waals surface area (Å²) in [5.41, 5.74) is 2.57. The van der Waals surface area contributed by atoms with Gasteiger partial charge in [0.2, 0.25) is 0 Å². The minimum Gasteiger partial charge on any atom is -0.299 e. The van der Waals surface area contributed by atoms with E-state index < -0.39 is 0 Å². The molecule has 1 atom stereocenters. The molecule has 0 saturated carbocycles. The Morgan fingerprint density at radius 3 is 3.25 bits per heavy atom. The van der Waals surface area contributed by atoms with E-state index >= 15 is 0 Å². The number of aromatic nitrogens is 1. The quantitative estimate of drug-likeness (QED) is 0.443. The Bertz CT molecular complexity index is 296. The number of nitrogens with zero attached hydrogens (tertiary/aromatic N) is 1. The van der Waals surface area contributed by atoms with Gasteiger partial charge in [-0.1, -0.05) is 28.7 Å². The van der Waals surface area contributed by atoms with Gasteiger partial charge in [-0.15, -0.1) is 0 Å². The van der Waals surface area contributed by atoms with Gasteiger partial charge in [0.1, 0.15) is 0 Å². The lowest BCUT2D eigenvalue weighted by Gasteiger charge is -2.31. The largest absolute Gasteiger partial charge is 0.299 e. The smallest absolute Gasteiger partial charge is 0.0949 e. The summed E-state index contributed by atoms with van der Waals surface area (Å²) in [6.45, 7) is 3.22. The molecule has 3 heteroatoms. The first-order valence-corrected chi connectivity index (χ1v) is 5.16. The molecule has 0 aliphatic carbocycles. The van der Waals surface area contributed by atoms with Gasteiger partial charge < -0.3 is 0 Å². The number of hydrogen-bond acceptors (Lipinski definition) is 2. The van der Waals surface area contributed by atoms with Crippen LogP contribution in [0.15, 0.2) is 18.3 Å². The van der Waals surface area contributed by atoms with Crippen LogP contribution in [-0.4, -0.2) is 11.5 Å². The summed E-state index contributed by atoms with van der Waals surface area (Å²) in [5, 5.41) is 3.46. The Labute approximate surface area is 85.9 Å². The maximum atomic E-state index is 4.37. The molecule has 0 saturated heterocycles. The molecule has 0 radical (unpaired) electrons. The van der Waals surface area contributed by atoms with Gasteiger partial charge in [-0.25, -0.2) is 0 Å². The molecular formula is C9H11IN2. The first-order valence-electron chi connectivity index (χ1n) is 4.08. The molecule has 0 bridgehead atoms. The third-order valence-corrected chi connectivity index (χ3v) is 3.18. The molecule has 1 unspecified atom stereocenters. The maximum absolute atomic E-state index is 4.37. The second kappa shape index (κ2) is 2.96. The molecule has 0 fully saturated rings. The number of fused-ring (bicyclic) bond motifs is 1. The highest BCUT2D eigenvalue weighted by Crippen LogP contribution is 2.32. The number of halogens is 1. The average molecular weight is 274 g/mol. The number of alkyl halides is 1. The molecule has 1 N–H and O–H groups in total. The molecule has 2 rings (SSSR count). The number of pyridine rings is 1. The van der Waals surface area contributed by atoms with E-state index in [1.165, 1.54) is 11.3 Å². The normalized spacial score (nSPS) is 28.2. The average Bonchev–Trinajstić information content (AvgIpc) is 2.04. The minimum atomic E-state index is 0.0691. The van der Waals surface area contributed by atoms with Crippen LogP contribution in [0.2, 0.25) is 0 Å². The fraction of sp³-hybridized carbons (Fsp3) is 0.444. The van der Waals surface area contributed by atoms with Gasteiger partial charge in [-0.3, -0.25) is 10.3 Å². The predicted octanol–water partition coefficient (Wildman–Crippen LogP) is 1.83. The van der Waals surface area contributed by atoms with Crippen LogP contribution in [0.1, 0.15) is 18.2 Å². The zero-order valence-electron chi connectivity index (χ0n) is 6.97. The SMILES string of the molecule is CC1(I)NCCc2ncccc21. The summed E-state index contributed by atoms with van der Waals surface area (Å²) in [7, 11) is 0. The molecular weight excluding hydrogens is 263 g/mol. The van der Waals surface area contributed by atoms with Crippen LogP contribution in [0.25, 0.3) is 0 Å². The van der Waals surface area contributed by atoms with Crippen LogP contribution in [0, 0.1) is 0 Å². The molecule has 0 spiro atoms. The van der Waals surface area contributed by atoms with Gasteiger partial charge in [0.15, 0.2) is 0 Å². The van der Waals surface area contributed by atoms with E-state index in [-0.39, 0.29) is 3.55 Å². The Hall–Kier alpha value is -0.160. The Balaban J connectivity index is 2.52. The summed E-state index contributed by atoms with van der Waals surface area (Å²) in [6.07, 6.45) is 2.92. The van der Waals surface area contributed by atoms with Crippen LogP contribution in [0.4, 0.5) is 0 Å². The third kappa shape index (κ3) is 1.35. The van der Waals surface area contributed by atoms with E-state index in [1.807, 2.05) is 12.3 Å². The van der Waals surface area contributed by atoms with Crippen LogP contribution < -0.4 is 5.32 Å². The van der Waals surface area contributed by atoms with E-state index in [4.69, 9.17) is 0 Å². The molecule has 1 aliphatic rings. The van der Waals surface area contributed by atoms with E-state index in [9.17, 15) is 0 Å². The third-order valence-electron chi connectivity index (χ3n) is 2.21. The molecule has 2 nitrogen and oxygen atoms in total. The van der Waals surface area contributed by atoms with Crippen LogP contribution >= 0.6 is 22.6 Å². The van der Waals surface area contributed by atoms with Gasteiger partial charge >= 0.3 is 0 Å². The predicted molar refractivity (Wildman–Crippen MR) is 57.3 cm³/mol. The number of nitrogens with one attached hydrogen (secondary N) is 1. The van der Waals surface area contributed by atoms with Crippen LogP contribution in [-0.2, 0) is 9.97 Å². The van der Waals surface area contributed by atoms with Crippen molar-refractivity contribution in [3.05, 3.63) is 29.6 Å². The van der Waals surface area contributed by atoms with Crippen molar-refractivity contribution < 1.29 is 0 Å². The fourth-order valence-corrected chi connectivity index (χ4v) is 2.34. The van der Waals surface area contributed by atoms with Gasteiger partial charge in [0, 0.05) is 30.4 Å². The van der Waals surface area contributed by atoms with Crippen molar-refractivity contribution in [3.63, 3.8) is 0 Å². The topological polar surface area (TPSA) is 24.9 Å². The Morgan fingerprint density at radius 2 is 2.50 bits per heavy atom. The van der Waals surface area contributed by atoms with Gasteiger partial charge in [-0.2, -0.15) is 0 Å². The maximum Gasteiger partial charge on any atom is 0.0949 e. The Morgan fingerprint density at radius 1 is 1.67 bits per heavy atom. The number of rotatable bonds is 0. The highest BCUT2D eigenvalue weighted by Gasteiger charge is 2.28. The molecule has 1 aliphatic heterocycles. The van der Waals surface area contributed by atoms with Crippen molar-refractivity contribution in [2.24, 2.45) is 0 Å². The highest BCUT2D eigenvalue weighted by atomic mass is 127. The van der Waals surface area contributed by atoms with Crippen molar-refractivity contribution in [1.82, 2.24) is 10.3 Å². The summed E-state index contributed by atoms with van der Waals surface area (Å²) < 4.78 is 0.0691. The second-order valence-electron chi connectivity index (χ2n) is 3.18. The molecule has 0 amide bonds. The standard InChI is InChI=1S/C9H11IN2/c1-9(10)7-3-2-5-11-8(7)4-6-12-9/h2-3,5,12H,4,6H2,1H3. The van der Waals surface area contributed by atoms with Crippen molar-refractivity contribution in [3.8, 4) is 0 Å². The van der Waals surface area contributed by atoms with E-state index in [2.05, 4.69) is 45.9 Å². The van der Waals surface area contributed by atoms with Gasteiger partial charge in [-0.05, 0) is 13.0 Å². The first kappa shape index (κ1) is 8.44. The molecule has 12 heavy (non-hydrogen) atoms. The van der Waals surface area contributed by atoms with Crippen molar-refractivity contribution >= 4 is 22.6 Å². The molecule has 1 aromatic heterocycles. The second-order valence-corrected chi connectivity index (χ2v) is 5.33. The van der Waals surface area contributed by atoms with E-state index in [0.717, 1.165) is 13.0 Å². The van der Waals surface area contributed by atoms with Gasteiger partial charge in [0.25, 0.3) is 0 Å². The van der Waals surface area contributed by atoms with Crippen molar-refractivity contribution in [2.45, 2.75) is 16.9 Å². The van der Waals surface area contributed by atoms with Crippen molar-refractivity contribution in [1.29, 1.82) is 0 Å². The zero-order valence-corrected chi connectivity index (χ0v) is 9.13. The molecule has 64 valence electrons. The molecule has 0 aromatic carbocycles.